The van der Waals surface area contributed by atoms with E-state index < -0.39 is 0 Å². The average Bonchev–Trinajstić information content (AvgIpc) is 2.59. The minimum Gasteiger partial charge on any atom is -0.370 e. The molecule has 5 heteroatoms. The quantitative estimate of drug-likeness (QED) is 0.832. The van der Waals surface area contributed by atoms with E-state index in [4.69, 9.17) is 5.73 Å². The summed E-state index contributed by atoms with van der Waals surface area (Å²) in [5, 5.41) is 3.29. The molecule has 25 heavy (non-hydrogen) atoms. The molecule has 3 N–H and O–H groups in total. The van der Waals surface area contributed by atoms with Crippen molar-refractivity contribution in [2.45, 2.75) is 51.0 Å². The highest BCUT2D eigenvalue weighted by atomic mass is 16.2. The lowest BCUT2D eigenvalue weighted by molar-refractivity contribution is -0.118. The summed E-state index contributed by atoms with van der Waals surface area (Å²) < 4.78 is 0. The Balaban J connectivity index is 1.60. The van der Waals surface area contributed by atoms with Gasteiger partial charge in [0.05, 0.1) is 6.04 Å². The molecule has 1 saturated heterocycles. The van der Waals surface area contributed by atoms with Crippen LogP contribution in [0.1, 0.15) is 56.6 Å². The Labute approximate surface area is 150 Å². The molecule has 1 saturated carbocycles. The van der Waals surface area contributed by atoms with E-state index in [9.17, 15) is 9.59 Å². The third-order valence-electron chi connectivity index (χ3n) is 5.66. The third kappa shape index (κ3) is 4.74. The van der Waals surface area contributed by atoms with Crippen molar-refractivity contribution in [2.75, 3.05) is 13.1 Å². The van der Waals surface area contributed by atoms with Gasteiger partial charge in [-0.1, -0.05) is 36.8 Å². The van der Waals surface area contributed by atoms with Gasteiger partial charge in [-0.05, 0) is 49.5 Å². The Kier molecular flexibility index (Phi) is 5.95. The molecule has 1 aromatic rings. The van der Waals surface area contributed by atoms with Gasteiger partial charge in [-0.25, -0.2) is 4.79 Å². The molecule has 0 radical (unpaired) electrons. The van der Waals surface area contributed by atoms with Gasteiger partial charge >= 0.3 is 6.03 Å². The van der Waals surface area contributed by atoms with E-state index in [1.54, 1.807) is 0 Å². The minimum atomic E-state index is -0.254. The number of benzene rings is 1. The third-order valence-corrected chi connectivity index (χ3v) is 5.66. The maximum absolute atomic E-state index is 12.8. The lowest BCUT2D eigenvalue weighted by Crippen LogP contribution is -2.48. The first-order valence-electron chi connectivity index (χ1n) is 9.52. The number of nitrogens with one attached hydrogen (secondary N) is 1. The summed E-state index contributed by atoms with van der Waals surface area (Å²) in [5.74, 6) is 0.670. The van der Waals surface area contributed by atoms with Crippen molar-refractivity contribution in [1.29, 1.82) is 0 Å². The van der Waals surface area contributed by atoms with Crippen LogP contribution in [0.2, 0.25) is 0 Å². The number of hydrogen-bond acceptors (Lipinski definition) is 2. The molecule has 2 aliphatic rings. The molecule has 2 fully saturated rings. The van der Waals surface area contributed by atoms with E-state index >= 15 is 0 Å². The first-order valence-corrected chi connectivity index (χ1v) is 9.52. The minimum absolute atomic E-state index is 0.0320. The van der Waals surface area contributed by atoms with Gasteiger partial charge in [0.1, 0.15) is 0 Å². The molecule has 0 unspecified atom stereocenters. The average molecular weight is 343 g/mol. The number of carbonyl (C=O) groups excluding carboxylic acids is 2. The Bertz CT molecular complexity index is 586. The predicted octanol–water partition coefficient (Wildman–Crippen LogP) is 3.21. The number of carbonyl (C=O) groups is 2. The topological polar surface area (TPSA) is 75.4 Å². The fourth-order valence-electron chi connectivity index (χ4n) is 3.96. The molecular formula is C20H29N3O2. The molecule has 2 atom stereocenters. The van der Waals surface area contributed by atoms with Gasteiger partial charge in [0, 0.05) is 19.5 Å². The van der Waals surface area contributed by atoms with E-state index in [1.165, 1.54) is 24.8 Å². The van der Waals surface area contributed by atoms with Crippen molar-refractivity contribution >= 4 is 11.9 Å². The van der Waals surface area contributed by atoms with Crippen molar-refractivity contribution < 1.29 is 9.59 Å². The van der Waals surface area contributed by atoms with Gasteiger partial charge < -0.3 is 16.0 Å². The van der Waals surface area contributed by atoms with Gasteiger partial charge in [0.15, 0.2) is 0 Å². The molecule has 1 aromatic carbocycles. The number of piperidine rings is 1. The first kappa shape index (κ1) is 17.8. The molecule has 1 aliphatic carbocycles. The second-order valence-corrected chi connectivity index (χ2v) is 7.49. The molecule has 5 nitrogen and oxygen atoms in total. The monoisotopic (exact) mass is 343 g/mol. The number of urea groups is 1. The predicted molar refractivity (Wildman–Crippen MR) is 97.8 cm³/mol. The Morgan fingerprint density at radius 3 is 2.56 bits per heavy atom. The number of hydrogen-bond donors (Lipinski definition) is 2. The van der Waals surface area contributed by atoms with Gasteiger partial charge in [-0.3, -0.25) is 4.79 Å². The van der Waals surface area contributed by atoms with E-state index in [0.29, 0.717) is 18.3 Å². The first-order chi connectivity index (χ1) is 12.1. The Morgan fingerprint density at radius 2 is 1.92 bits per heavy atom. The van der Waals surface area contributed by atoms with E-state index in [-0.39, 0.29) is 18.0 Å². The molecule has 136 valence electrons. The van der Waals surface area contributed by atoms with E-state index in [2.05, 4.69) is 17.4 Å². The second kappa shape index (κ2) is 8.37. The number of amides is 3. The maximum Gasteiger partial charge on any atom is 0.317 e. The zero-order valence-electron chi connectivity index (χ0n) is 14.8. The SMILES string of the molecule is NC(=O)CC[C@@H]1CCCN(C(=O)N[C@H](c2ccccc2)C2CCC2)C1. The molecule has 0 bridgehead atoms. The highest BCUT2D eigenvalue weighted by molar-refractivity contribution is 5.75. The van der Waals surface area contributed by atoms with Crippen LogP contribution in [0.25, 0.3) is 0 Å². The van der Waals surface area contributed by atoms with Crippen LogP contribution in [-0.2, 0) is 4.79 Å². The Hall–Kier alpha value is -2.04. The van der Waals surface area contributed by atoms with Gasteiger partial charge in [-0.15, -0.1) is 0 Å². The van der Waals surface area contributed by atoms with Crippen molar-refractivity contribution in [2.24, 2.45) is 17.6 Å². The van der Waals surface area contributed by atoms with Gasteiger partial charge in [0.2, 0.25) is 5.91 Å². The number of nitrogens with zero attached hydrogens (tertiary/aromatic N) is 1. The van der Waals surface area contributed by atoms with Gasteiger partial charge in [-0.2, -0.15) is 0 Å². The largest absolute Gasteiger partial charge is 0.370 e. The summed E-state index contributed by atoms with van der Waals surface area (Å²) in [6.45, 7) is 1.52. The van der Waals surface area contributed by atoms with Crippen molar-refractivity contribution in [3.63, 3.8) is 0 Å². The smallest absolute Gasteiger partial charge is 0.317 e. The van der Waals surface area contributed by atoms with E-state index in [1.807, 2.05) is 23.1 Å². The van der Waals surface area contributed by atoms with Crippen LogP contribution in [0.15, 0.2) is 30.3 Å². The number of primary amides is 1. The van der Waals surface area contributed by atoms with Crippen molar-refractivity contribution in [3.05, 3.63) is 35.9 Å². The normalized spacial score (nSPS) is 22.1. The van der Waals surface area contributed by atoms with Crippen LogP contribution < -0.4 is 11.1 Å². The summed E-state index contributed by atoms with van der Waals surface area (Å²) in [5.41, 5.74) is 6.45. The zero-order valence-corrected chi connectivity index (χ0v) is 14.8. The van der Waals surface area contributed by atoms with Crippen LogP contribution in [0.5, 0.6) is 0 Å². The molecule has 3 rings (SSSR count). The number of nitrogens with two attached hydrogens (primary N) is 1. The summed E-state index contributed by atoms with van der Waals surface area (Å²) in [4.78, 5) is 25.8. The summed E-state index contributed by atoms with van der Waals surface area (Å²) in [6.07, 6.45) is 6.88. The highest BCUT2D eigenvalue weighted by Crippen LogP contribution is 2.37. The summed E-state index contributed by atoms with van der Waals surface area (Å²) >= 11 is 0. The summed E-state index contributed by atoms with van der Waals surface area (Å²) in [6, 6.07) is 10.4. The molecule has 0 spiro atoms. The number of rotatable bonds is 6. The van der Waals surface area contributed by atoms with Crippen LogP contribution in [0, 0.1) is 11.8 Å². The zero-order chi connectivity index (χ0) is 17.6. The van der Waals surface area contributed by atoms with E-state index in [0.717, 1.165) is 32.4 Å². The molecule has 0 aromatic heterocycles. The van der Waals surface area contributed by atoms with Crippen molar-refractivity contribution in [1.82, 2.24) is 10.2 Å². The molecule has 1 heterocycles. The second-order valence-electron chi connectivity index (χ2n) is 7.49. The van der Waals surface area contributed by atoms with Crippen LogP contribution in [0.4, 0.5) is 4.79 Å². The van der Waals surface area contributed by atoms with Crippen LogP contribution >= 0.6 is 0 Å². The fraction of sp³-hybridized carbons (Fsp3) is 0.600. The van der Waals surface area contributed by atoms with Crippen LogP contribution in [-0.4, -0.2) is 29.9 Å². The highest BCUT2D eigenvalue weighted by Gasteiger charge is 2.32. The molecule has 3 amide bonds. The lowest BCUT2D eigenvalue weighted by atomic mass is 9.77. The Morgan fingerprint density at radius 1 is 1.16 bits per heavy atom. The lowest BCUT2D eigenvalue weighted by Gasteiger charge is -2.38. The fourth-order valence-corrected chi connectivity index (χ4v) is 3.96. The van der Waals surface area contributed by atoms with Crippen molar-refractivity contribution in [3.8, 4) is 0 Å². The maximum atomic E-state index is 12.8. The standard InChI is InChI=1S/C20H29N3O2/c21-18(24)12-11-15-6-5-13-23(14-15)20(25)22-19(17-9-4-10-17)16-7-2-1-3-8-16/h1-3,7-8,15,17,19H,4-6,9-14H2,(H2,21,24)(H,22,25)/t15-,19+/m0/s1. The summed E-state index contributed by atoms with van der Waals surface area (Å²) in [7, 11) is 0. The van der Waals surface area contributed by atoms with Gasteiger partial charge in [0.25, 0.3) is 0 Å². The van der Waals surface area contributed by atoms with Crippen LogP contribution in [0.3, 0.4) is 0 Å². The number of likely N-dealkylation sites (tertiary alicyclic amines) is 1. The molecular weight excluding hydrogens is 314 g/mol. The molecule has 1 aliphatic heterocycles.